The van der Waals surface area contributed by atoms with Crippen molar-refractivity contribution in [2.24, 2.45) is 5.92 Å². The highest BCUT2D eigenvalue weighted by Gasteiger charge is 2.35. The summed E-state index contributed by atoms with van der Waals surface area (Å²) < 4.78 is 5.59. The molecule has 3 rings (SSSR count). The molecule has 1 saturated carbocycles. The first-order valence-electron chi connectivity index (χ1n) is 8.92. The van der Waals surface area contributed by atoms with E-state index in [4.69, 9.17) is 4.42 Å². The second-order valence-corrected chi connectivity index (χ2v) is 6.90. The van der Waals surface area contributed by atoms with Crippen molar-refractivity contribution in [1.82, 2.24) is 5.32 Å². The monoisotopic (exact) mass is 342 g/mol. The first-order chi connectivity index (χ1) is 12.0. The summed E-state index contributed by atoms with van der Waals surface area (Å²) in [4.78, 5) is 37.2. The minimum absolute atomic E-state index is 0.0226. The number of hydrogen-bond acceptors (Lipinski definition) is 5. The molecule has 1 N–H and O–H groups in total. The Morgan fingerprint density at radius 2 is 1.92 bits per heavy atom. The molecule has 25 heavy (non-hydrogen) atoms. The van der Waals surface area contributed by atoms with Gasteiger partial charge in [-0.1, -0.05) is 19.3 Å². The zero-order chi connectivity index (χ0) is 18.0. The summed E-state index contributed by atoms with van der Waals surface area (Å²) in [5.74, 6) is -2.23. The zero-order valence-corrected chi connectivity index (χ0v) is 14.4. The van der Waals surface area contributed by atoms with Crippen molar-refractivity contribution in [3.05, 3.63) is 22.6 Å². The van der Waals surface area contributed by atoms with E-state index < -0.39 is 17.6 Å². The molecule has 0 aliphatic heterocycles. The number of aryl methyl sites for hydroxylation is 1. The number of fused-ring (bicyclic) bond motifs is 1. The number of amides is 1. The van der Waals surface area contributed by atoms with Crippen LogP contribution in [0.15, 0.2) is 4.42 Å². The molecule has 1 aromatic rings. The molecule has 0 bridgehead atoms. The van der Waals surface area contributed by atoms with Crippen molar-refractivity contribution in [3.8, 4) is 6.07 Å². The Morgan fingerprint density at radius 3 is 2.56 bits per heavy atom. The number of nitrogens with one attached hydrogen (secondary N) is 1. The van der Waals surface area contributed by atoms with Gasteiger partial charge in [0.1, 0.15) is 5.76 Å². The van der Waals surface area contributed by atoms with Crippen LogP contribution in [0.1, 0.15) is 77.2 Å². The van der Waals surface area contributed by atoms with E-state index in [0.29, 0.717) is 36.1 Å². The van der Waals surface area contributed by atoms with Crippen LogP contribution in [0.2, 0.25) is 0 Å². The van der Waals surface area contributed by atoms with E-state index in [1.165, 1.54) is 0 Å². The SMILES string of the molecule is Cc1c(C(=O)C(C#N)C(=O)NC2CCCCC2)oc2c1C(=O)CCC2. The number of nitriles is 1. The molecule has 1 atom stereocenters. The average Bonchev–Trinajstić information content (AvgIpc) is 2.94. The van der Waals surface area contributed by atoms with Crippen LogP contribution in [0.5, 0.6) is 0 Å². The Morgan fingerprint density at radius 1 is 1.20 bits per heavy atom. The van der Waals surface area contributed by atoms with Crippen LogP contribution >= 0.6 is 0 Å². The van der Waals surface area contributed by atoms with Crippen molar-refractivity contribution in [3.63, 3.8) is 0 Å². The molecule has 0 radical (unpaired) electrons. The normalized spacial score (nSPS) is 19.0. The Bertz CT molecular complexity index is 750. The van der Waals surface area contributed by atoms with E-state index in [9.17, 15) is 19.6 Å². The number of carbonyl (C=O) groups is 3. The summed E-state index contributed by atoms with van der Waals surface area (Å²) in [6, 6.07) is 1.83. The van der Waals surface area contributed by atoms with Crippen molar-refractivity contribution < 1.29 is 18.8 Å². The van der Waals surface area contributed by atoms with Gasteiger partial charge in [-0.05, 0) is 26.2 Å². The van der Waals surface area contributed by atoms with Gasteiger partial charge in [-0.25, -0.2) is 0 Å². The molecule has 1 heterocycles. The number of ketones is 2. The topological polar surface area (TPSA) is 100 Å². The van der Waals surface area contributed by atoms with Crippen LogP contribution in [-0.4, -0.2) is 23.5 Å². The molecule has 0 saturated heterocycles. The first-order valence-corrected chi connectivity index (χ1v) is 8.92. The Balaban J connectivity index is 1.79. The minimum Gasteiger partial charge on any atom is -0.457 e. The fourth-order valence-electron chi connectivity index (χ4n) is 3.78. The maximum absolute atomic E-state index is 12.7. The number of furan rings is 1. The van der Waals surface area contributed by atoms with Crippen LogP contribution in [0.3, 0.4) is 0 Å². The molecule has 0 spiro atoms. The molecule has 1 unspecified atom stereocenters. The molecule has 1 fully saturated rings. The van der Waals surface area contributed by atoms with Gasteiger partial charge in [-0.3, -0.25) is 14.4 Å². The van der Waals surface area contributed by atoms with Gasteiger partial charge < -0.3 is 9.73 Å². The second-order valence-electron chi connectivity index (χ2n) is 6.90. The fourth-order valence-corrected chi connectivity index (χ4v) is 3.78. The largest absolute Gasteiger partial charge is 0.457 e. The summed E-state index contributed by atoms with van der Waals surface area (Å²) in [5.41, 5.74) is 0.911. The van der Waals surface area contributed by atoms with Gasteiger partial charge in [0.2, 0.25) is 11.7 Å². The van der Waals surface area contributed by atoms with Gasteiger partial charge in [-0.2, -0.15) is 5.26 Å². The lowest BCUT2D eigenvalue weighted by molar-refractivity contribution is -0.123. The van der Waals surface area contributed by atoms with Crippen LogP contribution < -0.4 is 5.32 Å². The van der Waals surface area contributed by atoms with Gasteiger partial charge in [0, 0.05) is 24.4 Å². The van der Waals surface area contributed by atoms with Gasteiger partial charge in [-0.15, -0.1) is 0 Å². The Labute approximate surface area is 146 Å². The van der Waals surface area contributed by atoms with Crippen LogP contribution in [0.4, 0.5) is 0 Å². The third-order valence-electron chi connectivity index (χ3n) is 5.14. The Hall–Kier alpha value is -2.42. The summed E-state index contributed by atoms with van der Waals surface area (Å²) in [7, 11) is 0. The van der Waals surface area contributed by atoms with E-state index in [1.54, 1.807) is 13.0 Å². The number of nitrogens with zero attached hydrogens (tertiary/aromatic N) is 1. The molecule has 6 heteroatoms. The van der Waals surface area contributed by atoms with E-state index in [0.717, 1.165) is 32.1 Å². The fraction of sp³-hybridized carbons (Fsp3) is 0.579. The molecule has 1 aromatic heterocycles. The summed E-state index contributed by atoms with van der Waals surface area (Å²) >= 11 is 0. The van der Waals surface area contributed by atoms with Crippen molar-refractivity contribution in [1.29, 1.82) is 5.26 Å². The predicted molar refractivity (Wildman–Crippen MR) is 89.2 cm³/mol. The number of hydrogen-bond donors (Lipinski definition) is 1. The zero-order valence-electron chi connectivity index (χ0n) is 14.4. The van der Waals surface area contributed by atoms with Gasteiger partial charge in [0.05, 0.1) is 11.6 Å². The Kier molecular flexibility index (Phi) is 5.03. The number of carbonyl (C=O) groups excluding carboxylic acids is 3. The van der Waals surface area contributed by atoms with Gasteiger partial charge in [0.15, 0.2) is 17.5 Å². The van der Waals surface area contributed by atoms with Crippen LogP contribution in [-0.2, 0) is 11.2 Å². The number of Topliss-reactive ketones (excluding diaryl/α,β-unsaturated/α-hetero) is 2. The van der Waals surface area contributed by atoms with E-state index in [1.807, 2.05) is 0 Å². The molecule has 132 valence electrons. The summed E-state index contributed by atoms with van der Waals surface area (Å²) in [6.45, 7) is 1.65. The van der Waals surface area contributed by atoms with Crippen LogP contribution in [0.25, 0.3) is 0 Å². The molecule has 1 amide bonds. The molecule has 2 aliphatic rings. The highest BCUT2D eigenvalue weighted by Crippen LogP contribution is 2.30. The molecule has 2 aliphatic carbocycles. The maximum atomic E-state index is 12.7. The third-order valence-corrected chi connectivity index (χ3v) is 5.14. The highest BCUT2D eigenvalue weighted by molar-refractivity contribution is 6.13. The standard InChI is InChI=1S/C19H22N2O4/c1-11-16-14(22)8-5-9-15(16)25-18(11)17(23)13(10-20)19(24)21-12-6-3-2-4-7-12/h12-13H,2-9H2,1H3,(H,21,24). The summed E-state index contributed by atoms with van der Waals surface area (Å²) in [6.07, 6.45) is 6.71. The molecular formula is C19H22N2O4. The lowest BCUT2D eigenvalue weighted by atomic mass is 9.91. The molecular weight excluding hydrogens is 320 g/mol. The van der Waals surface area contributed by atoms with E-state index in [-0.39, 0.29) is 17.6 Å². The average molecular weight is 342 g/mol. The highest BCUT2D eigenvalue weighted by atomic mass is 16.4. The first kappa shape index (κ1) is 17.4. The lowest BCUT2D eigenvalue weighted by Crippen LogP contribution is -2.42. The molecule has 6 nitrogen and oxygen atoms in total. The minimum atomic E-state index is -1.44. The maximum Gasteiger partial charge on any atom is 0.245 e. The van der Waals surface area contributed by atoms with Gasteiger partial charge in [0.25, 0.3) is 0 Å². The third kappa shape index (κ3) is 3.37. The van der Waals surface area contributed by atoms with Crippen molar-refractivity contribution in [2.75, 3.05) is 0 Å². The predicted octanol–water partition coefficient (Wildman–Crippen LogP) is 2.88. The van der Waals surface area contributed by atoms with Crippen LogP contribution in [0, 0.1) is 24.2 Å². The summed E-state index contributed by atoms with van der Waals surface area (Å²) in [5, 5.41) is 12.2. The van der Waals surface area contributed by atoms with Crippen molar-refractivity contribution >= 4 is 17.5 Å². The van der Waals surface area contributed by atoms with E-state index >= 15 is 0 Å². The second kappa shape index (κ2) is 7.22. The number of rotatable bonds is 4. The van der Waals surface area contributed by atoms with E-state index in [2.05, 4.69) is 5.32 Å². The van der Waals surface area contributed by atoms with Crippen molar-refractivity contribution in [2.45, 2.75) is 64.3 Å². The molecule has 0 aromatic carbocycles. The lowest BCUT2D eigenvalue weighted by Gasteiger charge is -2.23. The smallest absolute Gasteiger partial charge is 0.245 e. The van der Waals surface area contributed by atoms with Gasteiger partial charge >= 0.3 is 0 Å². The quantitative estimate of drug-likeness (QED) is 0.670.